The van der Waals surface area contributed by atoms with Crippen LogP contribution in [0.15, 0.2) is 24.3 Å². The summed E-state index contributed by atoms with van der Waals surface area (Å²) in [5.74, 6) is -0.0828. The highest BCUT2D eigenvalue weighted by molar-refractivity contribution is 5.92. The largest absolute Gasteiger partial charge is 0.493 e. The molecule has 1 aromatic rings. The SMILES string of the molecule is COC(=O)CCCCCOc1ccccc1C(=O)OC. The molecule has 0 N–H and O–H groups in total. The summed E-state index contributed by atoms with van der Waals surface area (Å²) in [6, 6.07) is 6.97. The smallest absolute Gasteiger partial charge is 0.341 e. The minimum absolute atomic E-state index is 0.193. The molecule has 0 aliphatic rings. The average Bonchev–Trinajstić information content (AvgIpc) is 2.50. The van der Waals surface area contributed by atoms with Crippen LogP contribution in [0.3, 0.4) is 0 Å². The number of methoxy groups -OCH3 is 2. The molecule has 1 rings (SSSR count). The Morgan fingerprint density at radius 2 is 1.75 bits per heavy atom. The number of unbranched alkanes of at least 4 members (excludes halogenated alkanes) is 2. The Morgan fingerprint density at radius 1 is 1.00 bits per heavy atom. The highest BCUT2D eigenvalue weighted by Gasteiger charge is 2.11. The van der Waals surface area contributed by atoms with E-state index in [1.165, 1.54) is 14.2 Å². The van der Waals surface area contributed by atoms with Gasteiger partial charge in [0.25, 0.3) is 0 Å². The number of rotatable bonds is 8. The molecule has 0 atom stereocenters. The first-order valence-electron chi connectivity index (χ1n) is 6.56. The second-order valence-electron chi connectivity index (χ2n) is 4.22. The molecule has 0 saturated carbocycles. The molecule has 0 fully saturated rings. The lowest BCUT2D eigenvalue weighted by atomic mass is 10.2. The van der Waals surface area contributed by atoms with Crippen LogP contribution in [0.2, 0.25) is 0 Å². The van der Waals surface area contributed by atoms with Gasteiger partial charge in [-0.1, -0.05) is 12.1 Å². The molecule has 0 unspecified atom stereocenters. The summed E-state index contributed by atoms with van der Waals surface area (Å²) < 4.78 is 14.8. The van der Waals surface area contributed by atoms with Gasteiger partial charge in [0.2, 0.25) is 0 Å². The summed E-state index contributed by atoms with van der Waals surface area (Å²) in [5.41, 5.74) is 0.421. The highest BCUT2D eigenvalue weighted by atomic mass is 16.5. The van der Waals surface area contributed by atoms with Crippen molar-refractivity contribution in [1.82, 2.24) is 0 Å². The van der Waals surface area contributed by atoms with Crippen LogP contribution in [-0.2, 0) is 14.3 Å². The van der Waals surface area contributed by atoms with Crippen molar-refractivity contribution in [2.45, 2.75) is 25.7 Å². The predicted octanol–water partition coefficient (Wildman–Crippen LogP) is 2.59. The molecule has 0 heterocycles. The number of para-hydroxylation sites is 1. The van der Waals surface area contributed by atoms with E-state index in [2.05, 4.69) is 4.74 Å². The van der Waals surface area contributed by atoms with Crippen molar-refractivity contribution >= 4 is 11.9 Å². The van der Waals surface area contributed by atoms with E-state index in [1.807, 2.05) is 0 Å². The topological polar surface area (TPSA) is 61.8 Å². The lowest BCUT2D eigenvalue weighted by Crippen LogP contribution is -2.06. The molecule has 20 heavy (non-hydrogen) atoms. The Labute approximate surface area is 118 Å². The molecule has 5 heteroatoms. The van der Waals surface area contributed by atoms with E-state index in [0.29, 0.717) is 24.3 Å². The van der Waals surface area contributed by atoms with Crippen molar-refractivity contribution in [1.29, 1.82) is 0 Å². The molecule has 0 amide bonds. The molecule has 110 valence electrons. The Balaban J connectivity index is 2.32. The zero-order valence-corrected chi connectivity index (χ0v) is 11.9. The number of benzene rings is 1. The maximum atomic E-state index is 11.5. The van der Waals surface area contributed by atoms with Gasteiger partial charge in [0.05, 0.1) is 20.8 Å². The van der Waals surface area contributed by atoms with Crippen LogP contribution in [0.4, 0.5) is 0 Å². The van der Waals surface area contributed by atoms with E-state index < -0.39 is 5.97 Å². The highest BCUT2D eigenvalue weighted by Crippen LogP contribution is 2.19. The molecule has 5 nitrogen and oxygen atoms in total. The first-order chi connectivity index (χ1) is 9.69. The molecule has 1 aromatic carbocycles. The summed E-state index contributed by atoms with van der Waals surface area (Å²) in [7, 11) is 2.72. The van der Waals surface area contributed by atoms with Gasteiger partial charge in [-0.05, 0) is 31.4 Å². The summed E-state index contributed by atoms with van der Waals surface area (Å²) in [4.78, 5) is 22.4. The van der Waals surface area contributed by atoms with Crippen LogP contribution in [-0.4, -0.2) is 32.8 Å². The molecule has 0 aliphatic heterocycles. The number of hydrogen-bond acceptors (Lipinski definition) is 5. The van der Waals surface area contributed by atoms with Crippen molar-refractivity contribution in [3.05, 3.63) is 29.8 Å². The van der Waals surface area contributed by atoms with E-state index in [4.69, 9.17) is 9.47 Å². The summed E-state index contributed by atoms with van der Waals surface area (Å²) in [6.07, 6.45) is 2.88. The van der Waals surface area contributed by atoms with Gasteiger partial charge in [0.15, 0.2) is 0 Å². The number of esters is 2. The number of ether oxygens (including phenoxy) is 3. The van der Waals surface area contributed by atoms with E-state index in [0.717, 1.165) is 19.3 Å². The third-order valence-corrected chi connectivity index (χ3v) is 2.80. The molecular weight excluding hydrogens is 260 g/mol. The Bertz CT molecular complexity index is 442. The first kappa shape index (κ1) is 16.0. The van der Waals surface area contributed by atoms with Crippen molar-refractivity contribution in [2.75, 3.05) is 20.8 Å². The van der Waals surface area contributed by atoms with Crippen molar-refractivity contribution in [2.24, 2.45) is 0 Å². The van der Waals surface area contributed by atoms with Crippen LogP contribution in [0.25, 0.3) is 0 Å². The van der Waals surface area contributed by atoms with Crippen molar-refractivity contribution in [3.8, 4) is 5.75 Å². The Hall–Kier alpha value is -2.04. The minimum atomic E-state index is -0.411. The second-order valence-corrected chi connectivity index (χ2v) is 4.22. The zero-order valence-electron chi connectivity index (χ0n) is 11.9. The number of carbonyl (C=O) groups is 2. The number of carbonyl (C=O) groups excluding carboxylic acids is 2. The maximum Gasteiger partial charge on any atom is 0.341 e. The van der Waals surface area contributed by atoms with Gasteiger partial charge in [0, 0.05) is 6.42 Å². The monoisotopic (exact) mass is 280 g/mol. The normalized spacial score (nSPS) is 9.90. The van der Waals surface area contributed by atoms with Gasteiger partial charge in [-0.2, -0.15) is 0 Å². The van der Waals surface area contributed by atoms with Crippen molar-refractivity contribution < 1.29 is 23.8 Å². The van der Waals surface area contributed by atoms with Crippen LogP contribution >= 0.6 is 0 Å². The molecule has 0 bridgehead atoms. The lowest BCUT2D eigenvalue weighted by Gasteiger charge is -2.09. The zero-order chi connectivity index (χ0) is 14.8. The maximum absolute atomic E-state index is 11.5. The van der Waals surface area contributed by atoms with Crippen molar-refractivity contribution in [3.63, 3.8) is 0 Å². The fourth-order valence-electron chi connectivity index (χ4n) is 1.70. The first-order valence-corrected chi connectivity index (χ1v) is 6.56. The fraction of sp³-hybridized carbons (Fsp3) is 0.467. The average molecular weight is 280 g/mol. The summed E-state index contributed by atoms with van der Waals surface area (Å²) >= 11 is 0. The van der Waals surface area contributed by atoms with Crippen LogP contribution < -0.4 is 4.74 Å². The second kappa shape index (κ2) is 8.96. The number of hydrogen-bond donors (Lipinski definition) is 0. The van der Waals surface area contributed by atoms with E-state index in [-0.39, 0.29) is 5.97 Å². The molecule has 0 spiro atoms. The third-order valence-electron chi connectivity index (χ3n) is 2.80. The van der Waals surface area contributed by atoms with Gasteiger partial charge < -0.3 is 14.2 Å². The lowest BCUT2D eigenvalue weighted by molar-refractivity contribution is -0.140. The molecule has 0 aliphatic carbocycles. The molecular formula is C15H20O5. The van der Waals surface area contributed by atoms with Gasteiger partial charge in [-0.3, -0.25) is 4.79 Å². The summed E-state index contributed by atoms with van der Waals surface area (Å²) in [6.45, 7) is 0.495. The Kier molecular flexibility index (Phi) is 7.17. The Morgan fingerprint density at radius 3 is 2.45 bits per heavy atom. The van der Waals surface area contributed by atoms with Crippen LogP contribution in [0, 0.1) is 0 Å². The van der Waals surface area contributed by atoms with E-state index in [9.17, 15) is 9.59 Å². The van der Waals surface area contributed by atoms with E-state index in [1.54, 1.807) is 24.3 Å². The van der Waals surface area contributed by atoms with Crippen LogP contribution in [0.1, 0.15) is 36.0 Å². The predicted molar refractivity (Wildman–Crippen MR) is 73.8 cm³/mol. The standard InChI is InChI=1S/C15H20O5/c1-18-14(16)10-4-3-7-11-20-13-9-6-5-8-12(13)15(17)19-2/h5-6,8-9H,3-4,7,10-11H2,1-2H3. The van der Waals surface area contributed by atoms with Crippen LogP contribution in [0.5, 0.6) is 5.75 Å². The fourth-order valence-corrected chi connectivity index (χ4v) is 1.70. The van der Waals surface area contributed by atoms with Gasteiger partial charge in [0.1, 0.15) is 11.3 Å². The third kappa shape index (κ3) is 5.30. The quantitative estimate of drug-likeness (QED) is 0.541. The van der Waals surface area contributed by atoms with Gasteiger partial charge >= 0.3 is 11.9 Å². The molecule has 0 aromatic heterocycles. The van der Waals surface area contributed by atoms with E-state index >= 15 is 0 Å². The van der Waals surface area contributed by atoms with Gasteiger partial charge in [-0.15, -0.1) is 0 Å². The molecule has 0 saturated heterocycles. The molecule has 0 radical (unpaired) electrons. The minimum Gasteiger partial charge on any atom is -0.493 e. The van der Waals surface area contributed by atoms with Gasteiger partial charge in [-0.25, -0.2) is 4.79 Å². The summed E-state index contributed by atoms with van der Waals surface area (Å²) in [5, 5.41) is 0.